The number of aromatic nitrogens is 1. The van der Waals surface area contributed by atoms with Crippen molar-refractivity contribution >= 4 is 16.8 Å². The van der Waals surface area contributed by atoms with E-state index >= 15 is 0 Å². The molecule has 4 nitrogen and oxygen atoms in total. The van der Waals surface area contributed by atoms with Crippen LogP contribution < -0.4 is 10.5 Å². The minimum atomic E-state index is -4.76. The van der Waals surface area contributed by atoms with Crippen LogP contribution in [0.5, 0.6) is 5.75 Å². The molecular weight excluding hydrogens is 333 g/mol. The molecule has 130 valence electrons. The van der Waals surface area contributed by atoms with Crippen molar-refractivity contribution in [2.24, 2.45) is 5.73 Å². The highest BCUT2D eigenvalue weighted by Crippen LogP contribution is 2.31. The average Bonchev–Trinajstić information content (AvgIpc) is 2.92. The molecule has 0 spiro atoms. The van der Waals surface area contributed by atoms with Crippen LogP contribution >= 0.6 is 0 Å². The SMILES string of the molecule is CC(c1cccc(OC(F)(F)F)c1)n1c(C(N)=O)cc2ccccc21. The maximum absolute atomic E-state index is 12.4. The molecule has 3 aromatic rings. The molecule has 2 aromatic carbocycles. The van der Waals surface area contributed by atoms with E-state index in [1.54, 1.807) is 23.6 Å². The Hall–Kier alpha value is -2.96. The predicted octanol–water partition coefficient (Wildman–Crippen LogP) is 4.25. The van der Waals surface area contributed by atoms with Crippen LogP contribution in [0, 0.1) is 0 Å². The van der Waals surface area contributed by atoms with Gasteiger partial charge in [-0.05, 0) is 36.8 Å². The summed E-state index contributed by atoms with van der Waals surface area (Å²) in [6.45, 7) is 1.78. The maximum Gasteiger partial charge on any atom is 0.573 e. The number of nitrogens with zero attached hydrogens (tertiary/aromatic N) is 1. The Morgan fingerprint density at radius 2 is 1.84 bits per heavy atom. The Balaban J connectivity index is 2.08. The van der Waals surface area contributed by atoms with Crippen LogP contribution in [0.2, 0.25) is 0 Å². The Morgan fingerprint density at radius 1 is 1.12 bits per heavy atom. The minimum absolute atomic E-state index is 0.288. The van der Waals surface area contributed by atoms with E-state index in [4.69, 9.17) is 5.73 Å². The van der Waals surface area contributed by atoms with Gasteiger partial charge < -0.3 is 15.0 Å². The number of carbonyl (C=O) groups is 1. The maximum atomic E-state index is 12.4. The molecule has 1 heterocycles. The molecule has 0 saturated heterocycles. The summed E-state index contributed by atoms with van der Waals surface area (Å²) in [5.74, 6) is -0.917. The molecule has 0 saturated carbocycles. The van der Waals surface area contributed by atoms with Gasteiger partial charge in [-0.1, -0.05) is 30.3 Å². The van der Waals surface area contributed by atoms with E-state index < -0.39 is 18.3 Å². The fraction of sp³-hybridized carbons (Fsp3) is 0.167. The summed E-state index contributed by atoms with van der Waals surface area (Å²) < 4.78 is 43.0. The highest BCUT2D eigenvalue weighted by molar-refractivity contribution is 5.98. The number of para-hydroxylation sites is 1. The Kier molecular flexibility index (Phi) is 4.16. The lowest BCUT2D eigenvalue weighted by molar-refractivity contribution is -0.274. The minimum Gasteiger partial charge on any atom is -0.406 e. The molecule has 3 rings (SSSR count). The molecule has 2 N–H and O–H groups in total. The van der Waals surface area contributed by atoms with Crippen molar-refractivity contribution in [1.82, 2.24) is 4.57 Å². The lowest BCUT2D eigenvalue weighted by Crippen LogP contribution is -2.20. The lowest BCUT2D eigenvalue weighted by atomic mass is 10.1. The van der Waals surface area contributed by atoms with Gasteiger partial charge >= 0.3 is 6.36 Å². The molecule has 1 aromatic heterocycles. The molecule has 0 aliphatic rings. The van der Waals surface area contributed by atoms with Crippen molar-refractivity contribution in [1.29, 1.82) is 0 Å². The molecule has 1 atom stereocenters. The van der Waals surface area contributed by atoms with Crippen LogP contribution in [-0.2, 0) is 0 Å². The first-order valence-corrected chi connectivity index (χ1v) is 7.52. The summed E-state index contributed by atoms with van der Waals surface area (Å²) in [5, 5.41) is 0.825. The average molecular weight is 348 g/mol. The van der Waals surface area contributed by atoms with Crippen molar-refractivity contribution in [2.75, 3.05) is 0 Å². The number of alkyl halides is 3. The van der Waals surface area contributed by atoms with Crippen molar-refractivity contribution in [2.45, 2.75) is 19.3 Å². The second kappa shape index (κ2) is 6.16. The zero-order chi connectivity index (χ0) is 18.2. The number of halogens is 3. The van der Waals surface area contributed by atoms with Gasteiger partial charge in [-0.25, -0.2) is 0 Å². The molecule has 1 amide bonds. The number of carbonyl (C=O) groups excluding carboxylic acids is 1. The van der Waals surface area contributed by atoms with Gasteiger partial charge in [-0.2, -0.15) is 0 Å². The molecule has 0 bridgehead atoms. The van der Waals surface area contributed by atoms with Gasteiger partial charge in [0.25, 0.3) is 5.91 Å². The normalized spacial score (nSPS) is 13.0. The van der Waals surface area contributed by atoms with Crippen LogP contribution in [-0.4, -0.2) is 16.8 Å². The standard InChI is InChI=1S/C18H15F3N2O2/c1-11(12-6-4-7-14(9-12)25-18(19,20)21)23-15-8-3-2-5-13(15)10-16(23)17(22)24/h2-11H,1H3,(H2,22,24). The Bertz CT molecular complexity index is 931. The van der Waals surface area contributed by atoms with Crippen molar-refractivity contribution < 1.29 is 22.7 Å². The number of hydrogen-bond acceptors (Lipinski definition) is 2. The topological polar surface area (TPSA) is 57.2 Å². The number of nitrogens with two attached hydrogens (primary N) is 1. The number of fused-ring (bicyclic) bond motifs is 1. The van der Waals surface area contributed by atoms with Crippen molar-refractivity contribution in [3.8, 4) is 5.75 Å². The molecule has 0 aliphatic carbocycles. The van der Waals surface area contributed by atoms with Crippen LogP contribution in [0.15, 0.2) is 54.6 Å². The third-order valence-electron chi connectivity index (χ3n) is 3.96. The molecule has 7 heteroatoms. The summed E-state index contributed by atoms with van der Waals surface area (Å²) in [6.07, 6.45) is -4.76. The van der Waals surface area contributed by atoms with Crippen molar-refractivity contribution in [3.63, 3.8) is 0 Å². The molecule has 0 radical (unpaired) electrons. The van der Waals surface area contributed by atoms with Gasteiger partial charge in [-0.15, -0.1) is 13.2 Å². The molecule has 1 unspecified atom stereocenters. The van der Waals surface area contributed by atoms with E-state index in [-0.39, 0.29) is 11.4 Å². The zero-order valence-corrected chi connectivity index (χ0v) is 13.2. The monoisotopic (exact) mass is 348 g/mol. The largest absolute Gasteiger partial charge is 0.573 e. The van der Waals surface area contributed by atoms with E-state index in [2.05, 4.69) is 4.74 Å². The molecule has 0 fully saturated rings. The highest BCUT2D eigenvalue weighted by atomic mass is 19.4. The van der Waals surface area contributed by atoms with Gasteiger partial charge in [-0.3, -0.25) is 4.79 Å². The fourth-order valence-electron chi connectivity index (χ4n) is 2.90. The van der Waals surface area contributed by atoms with E-state index in [9.17, 15) is 18.0 Å². The van der Waals surface area contributed by atoms with Gasteiger partial charge in [0.1, 0.15) is 11.4 Å². The van der Waals surface area contributed by atoms with E-state index in [0.717, 1.165) is 10.9 Å². The Morgan fingerprint density at radius 3 is 2.52 bits per heavy atom. The summed E-state index contributed by atoms with van der Waals surface area (Å²) in [7, 11) is 0. The first-order valence-electron chi connectivity index (χ1n) is 7.52. The van der Waals surface area contributed by atoms with Crippen LogP contribution in [0.4, 0.5) is 13.2 Å². The fourth-order valence-corrected chi connectivity index (χ4v) is 2.90. The zero-order valence-electron chi connectivity index (χ0n) is 13.2. The van der Waals surface area contributed by atoms with Gasteiger partial charge in [0.2, 0.25) is 0 Å². The predicted molar refractivity (Wildman–Crippen MR) is 87.4 cm³/mol. The highest BCUT2D eigenvalue weighted by Gasteiger charge is 2.31. The first kappa shape index (κ1) is 16.9. The smallest absolute Gasteiger partial charge is 0.406 e. The molecule has 25 heavy (non-hydrogen) atoms. The second-order valence-electron chi connectivity index (χ2n) is 5.62. The summed E-state index contributed by atoms with van der Waals surface area (Å²) >= 11 is 0. The number of primary amides is 1. The van der Waals surface area contributed by atoms with E-state index in [1.807, 2.05) is 24.3 Å². The van der Waals surface area contributed by atoms with Crippen LogP contribution in [0.25, 0.3) is 10.9 Å². The van der Waals surface area contributed by atoms with Gasteiger partial charge in [0.05, 0.1) is 6.04 Å². The van der Waals surface area contributed by atoms with E-state index in [1.165, 1.54) is 18.2 Å². The number of rotatable bonds is 4. The van der Waals surface area contributed by atoms with Crippen LogP contribution in [0.3, 0.4) is 0 Å². The second-order valence-corrected chi connectivity index (χ2v) is 5.62. The molecular formula is C18H15F3N2O2. The summed E-state index contributed by atoms with van der Waals surface area (Å²) in [4.78, 5) is 11.8. The first-order chi connectivity index (χ1) is 11.8. The number of benzene rings is 2. The van der Waals surface area contributed by atoms with Gasteiger partial charge in [0.15, 0.2) is 0 Å². The third-order valence-corrected chi connectivity index (χ3v) is 3.96. The Labute approximate surface area is 141 Å². The third kappa shape index (κ3) is 3.45. The number of hydrogen-bond donors (Lipinski definition) is 1. The quantitative estimate of drug-likeness (QED) is 0.766. The van der Waals surface area contributed by atoms with Crippen LogP contribution in [0.1, 0.15) is 29.0 Å². The molecule has 0 aliphatic heterocycles. The van der Waals surface area contributed by atoms with E-state index in [0.29, 0.717) is 5.56 Å². The number of ether oxygens (including phenoxy) is 1. The number of amides is 1. The summed E-state index contributed by atoms with van der Waals surface area (Å²) in [6, 6.07) is 14.3. The summed E-state index contributed by atoms with van der Waals surface area (Å²) in [5.41, 5.74) is 7.09. The van der Waals surface area contributed by atoms with Gasteiger partial charge in [0, 0.05) is 10.9 Å². The lowest BCUT2D eigenvalue weighted by Gasteiger charge is -2.19. The van der Waals surface area contributed by atoms with Crippen molar-refractivity contribution in [3.05, 3.63) is 65.9 Å².